The van der Waals surface area contributed by atoms with Crippen LogP contribution in [0.4, 0.5) is 26.3 Å². The van der Waals surface area contributed by atoms with Crippen molar-refractivity contribution in [1.82, 2.24) is 20.7 Å². The highest BCUT2D eigenvalue weighted by molar-refractivity contribution is 5.95. The van der Waals surface area contributed by atoms with E-state index in [1.54, 1.807) is 29.7 Å². The lowest BCUT2D eigenvalue weighted by atomic mass is 10.0. The summed E-state index contributed by atoms with van der Waals surface area (Å²) in [5.41, 5.74) is 5.15. The first kappa shape index (κ1) is 41.2. The SMILES string of the molecule is Cc1cc(COc2ccc(C(=O)N[C@@H]3CN(CCC(C)C)C[C@@H]3C(=O)NO)cc2)c2ccccc2n1.O=C(O)C(F)(F)F.O=C(O)C(F)(F)F. The lowest BCUT2D eigenvalue weighted by molar-refractivity contribution is -0.193. The molecule has 12 nitrogen and oxygen atoms in total. The zero-order chi connectivity index (χ0) is 37.8. The summed E-state index contributed by atoms with van der Waals surface area (Å²) in [7, 11) is 0. The Morgan fingerprint density at radius 2 is 1.50 bits per heavy atom. The molecule has 274 valence electrons. The highest BCUT2D eigenvalue weighted by Gasteiger charge is 2.39. The van der Waals surface area contributed by atoms with E-state index in [1.807, 2.05) is 37.3 Å². The van der Waals surface area contributed by atoms with Gasteiger partial charge in [0.2, 0.25) is 5.91 Å². The Hall–Kier alpha value is -4.97. The van der Waals surface area contributed by atoms with E-state index in [0.717, 1.165) is 35.1 Å². The van der Waals surface area contributed by atoms with Gasteiger partial charge in [0.05, 0.1) is 17.5 Å². The lowest BCUT2D eigenvalue weighted by Gasteiger charge is -2.18. The van der Waals surface area contributed by atoms with Crippen molar-refractivity contribution in [2.24, 2.45) is 11.8 Å². The minimum Gasteiger partial charge on any atom is -0.489 e. The van der Waals surface area contributed by atoms with E-state index >= 15 is 0 Å². The van der Waals surface area contributed by atoms with Gasteiger partial charge in [0, 0.05) is 35.3 Å². The number of nitrogens with zero attached hydrogens (tertiary/aromatic N) is 2. The molecular weight excluding hydrogens is 682 g/mol. The van der Waals surface area contributed by atoms with Crippen molar-refractivity contribution in [3.05, 3.63) is 71.4 Å². The zero-order valence-corrected chi connectivity index (χ0v) is 27.0. The Morgan fingerprint density at radius 1 is 0.940 bits per heavy atom. The standard InChI is InChI=1S/C28H34N4O4.2C2HF3O2/c1-18(2)12-13-32-15-24(28(34)31-35)26(16-32)30-27(33)20-8-10-22(11-9-20)36-17-21-14-19(3)29-25-7-5-4-6-23(21)25;2*3-2(4,5)1(6)7/h4-11,14,18,24,26,35H,12-13,15-17H2,1-3H3,(H,30,33)(H,31,34);2*(H,6,7)/t24-,26+;;/m0../s1. The molecule has 2 aromatic carbocycles. The van der Waals surface area contributed by atoms with Crippen LogP contribution in [0.25, 0.3) is 10.9 Å². The number of hydrogen-bond acceptors (Lipinski definition) is 8. The van der Waals surface area contributed by atoms with Gasteiger partial charge >= 0.3 is 24.3 Å². The van der Waals surface area contributed by atoms with Gasteiger partial charge in [-0.1, -0.05) is 32.0 Å². The summed E-state index contributed by atoms with van der Waals surface area (Å²) in [6, 6.07) is 16.6. The topological polar surface area (TPSA) is 178 Å². The molecule has 5 N–H and O–H groups in total. The quantitative estimate of drug-likeness (QED) is 0.115. The lowest BCUT2D eigenvalue weighted by Crippen LogP contribution is -2.45. The van der Waals surface area contributed by atoms with E-state index in [0.29, 0.717) is 36.9 Å². The average Bonchev–Trinajstić information content (AvgIpc) is 3.44. The predicted octanol–water partition coefficient (Wildman–Crippen LogP) is 4.97. The number of aryl methyl sites for hydroxylation is 1. The minimum atomic E-state index is -5.08. The van der Waals surface area contributed by atoms with Crippen LogP contribution in [0.15, 0.2) is 54.6 Å². The van der Waals surface area contributed by atoms with Crippen LogP contribution in [0.3, 0.4) is 0 Å². The van der Waals surface area contributed by atoms with E-state index in [4.69, 9.17) is 29.7 Å². The number of benzene rings is 2. The molecule has 0 spiro atoms. The number of carboxylic acids is 2. The van der Waals surface area contributed by atoms with E-state index in [-0.39, 0.29) is 11.9 Å². The van der Waals surface area contributed by atoms with Crippen molar-refractivity contribution >= 4 is 34.7 Å². The molecule has 2 atom stereocenters. The van der Waals surface area contributed by atoms with E-state index in [9.17, 15) is 35.9 Å². The average molecular weight is 719 g/mol. The number of hydroxylamine groups is 1. The fourth-order valence-corrected chi connectivity index (χ4v) is 4.63. The molecule has 1 aliphatic rings. The fraction of sp³-hybridized carbons (Fsp3) is 0.406. The summed E-state index contributed by atoms with van der Waals surface area (Å²) >= 11 is 0. The molecule has 18 heteroatoms. The van der Waals surface area contributed by atoms with Gasteiger partial charge < -0.3 is 25.2 Å². The number of alkyl halides is 6. The molecule has 0 aliphatic carbocycles. The van der Waals surface area contributed by atoms with Gasteiger partial charge in [-0.15, -0.1) is 0 Å². The number of hydrogen-bond donors (Lipinski definition) is 5. The number of aromatic nitrogens is 1. The number of carbonyl (C=O) groups is 4. The predicted molar refractivity (Wildman–Crippen MR) is 165 cm³/mol. The molecular formula is C32H36F6N4O8. The Balaban J connectivity index is 0.000000521. The number of amides is 2. The van der Waals surface area contributed by atoms with Crippen LogP contribution in [0, 0.1) is 18.8 Å². The van der Waals surface area contributed by atoms with E-state index in [1.165, 1.54) is 0 Å². The smallest absolute Gasteiger partial charge is 0.489 e. The number of likely N-dealkylation sites (tertiary alicyclic amines) is 1. The van der Waals surface area contributed by atoms with Gasteiger partial charge in [0.25, 0.3) is 5.91 Å². The molecule has 0 bridgehead atoms. The third-order valence-electron chi connectivity index (χ3n) is 7.11. The number of fused-ring (bicyclic) bond motifs is 1. The van der Waals surface area contributed by atoms with Crippen molar-refractivity contribution in [3.8, 4) is 5.75 Å². The molecule has 0 radical (unpaired) electrons. The number of para-hydroxylation sites is 1. The molecule has 4 rings (SSSR count). The summed E-state index contributed by atoms with van der Waals surface area (Å²) in [4.78, 5) is 49.7. The van der Waals surface area contributed by atoms with Gasteiger partial charge in [-0.25, -0.2) is 15.1 Å². The van der Waals surface area contributed by atoms with Crippen LogP contribution in [0.2, 0.25) is 0 Å². The first-order valence-corrected chi connectivity index (χ1v) is 14.9. The molecule has 50 heavy (non-hydrogen) atoms. The largest absolute Gasteiger partial charge is 0.490 e. The second-order valence-corrected chi connectivity index (χ2v) is 11.5. The van der Waals surface area contributed by atoms with Crippen molar-refractivity contribution in [1.29, 1.82) is 0 Å². The van der Waals surface area contributed by atoms with Crippen molar-refractivity contribution in [3.63, 3.8) is 0 Å². The molecule has 3 aromatic rings. The van der Waals surface area contributed by atoms with Crippen LogP contribution < -0.4 is 15.5 Å². The Kier molecular flexibility index (Phi) is 15.0. The molecule has 2 amide bonds. The second kappa shape index (κ2) is 18.1. The first-order valence-electron chi connectivity index (χ1n) is 14.9. The molecule has 2 heterocycles. The number of nitrogens with one attached hydrogen (secondary N) is 2. The third-order valence-corrected chi connectivity index (χ3v) is 7.11. The number of ether oxygens (including phenoxy) is 1. The Labute approximate surface area is 282 Å². The maximum Gasteiger partial charge on any atom is 0.490 e. The van der Waals surface area contributed by atoms with Crippen molar-refractivity contribution < 1.29 is 65.7 Å². The van der Waals surface area contributed by atoms with Gasteiger partial charge in [-0.3, -0.25) is 19.8 Å². The van der Waals surface area contributed by atoms with Crippen molar-refractivity contribution in [2.45, 2.75) is 52.2 Å². The number of rotatable bonds is 9. The van der Waals surface area contributed by atoms with Crippen LogP contribution in [0.5, 0.6) is 5.75 Å². The number of pyridine rings is 1. The maximum absolute atomic E-state index is 12.9. The van der Waals surface area contributed by atoms with Gasteiger partial charge in [0.15, 0.2) is 0 Å². The second-order valence-electron chi connectivity index (χ2n) is 11.5. The minimum absolute atomic E-state index is 0.260. The molecule has 1 saturated heterocycles. The molecule has 1 aliphatic heterocycles. The van der Waals surface area contributed by atoms with Gasteiger partial charge in [-0.2, -0.15) is 26.3 Å². The van der Waals surface area contributed by atoms with Gasteiger partial charge in [-0.05, 0) is 62.2 Å². The summed E-state index contributed by atoms with van der Waals surface area (Å²) in [5.74, 6) is -5.56. The summed E-state index contributed by atoms with van der Waals surface area (Å²) < 4.78 is 69.5. The normalized spacial score (nSPS) is 16.1. The van der Waals surface area contributed by atoms with Crippen LogP contribution >= 0.6 is 0 Å². The number of carbonyl (C=O) groups excluding carboxylic acids is 2. The third kappa shape index (κ3) is 13.1. The molecule has 0 saturated carbocycles. The van der Waals surface area contributed by atoms with Crippen molar-refractivity contribution in [2.75, 3.05) is 19.6 Å². The highest BCUT2D eigenvalue weighted by Crippen LogP contribution is 2.23. The summed E-state index contributed by atoms with van der Waals surface area (Å²) in [6.45, 7) is 8.57. The Bertz CT molecular complexity index is 1590. The molecule has 1 fully saturated rings. The van der Waals surface area contributed by atoms with Crippen LogP contribution in [-0.4, -0.2) is 87.1 Å². The number of halogens is 6. The zero-order valence-electron chi connectivity index (χ0n) is 27.0. The van der Waals surface area contributed by atoms with Gasteiger partial charge in [0.1, 0.15) is 12.4 Å². The van der Waals surface area contributed by atoms with Crippen LogP contribution in [-0.2, 0) is 21.0 Å². The first-order chi connectivity index (χ1) is 23.2. The summed E-state index contributed by atoms with van der Waals surface area (Å²) in [6.07, 6.45) is -9.16. The number of carboxylic acid groups (broad SMARTS) is 2. The van der Waals surface area contributed by atoms with E-state index < -0.39 is 36.1 Å². The highest BCUT2D eigenvalue weighted by atomic mass is 19.4. The molecule has 1 aromatic heterocycles. The van der Waals surface area contributed by atoms with E-state index in [2.05, 4.69) is 29.0 Å². The fourth-order valence-electron chi connectivity index (χ4n) is 4.63. The van der Waals surface area contributed by atoms with Crippen LogP contribution in [0.1, 0.15) is 41.9 Å². The monoisotopic (exact) mass is 718 g/mol. The molecule has 0 unspecified atom stereocenters. The maximum atomic E-state index is 12.9. The number of aliphatic carboxylic acids is 2. The Morgan fingerprint density at radius 3 is 2.02 bits per heavy atom. The summed E-state index contributed by atoms with van der Waals surface area (Å²) in [5, 5.41) is 27.4.